The van der Waals surface area contributed by atoms with Gasteiger partial charge in [-0.1, -0.05) is 48.5 Å². The topological polar surface area (TPSA) is 35.0 Å². The van der Waals surface area contributed by atoms with Gasteiger partial charge in [-0.25, -0.2) is 4.98 Å². The van der Waals surface area contributed by atoms with Gasteiger partial charge in [0.1, 0.15) is 5.75 Å². The van der Waals surface area contributed by atoms with Gasteiger partial charge in [-0.3, -0.25) is 0 Å². The summed E-state index contributed by atoms with van der Waals surface area (Å²) in [5.74, 6) is 1.21. The molecule has 2 aromatic carbocycles. The second-order valence-corrected chi connectivity index (χ2v) is 4.93. The van der Waals surface area contributed by atoms with Crippen molar-refractivity contribution in [1.82, 2.24) is 9.97 Å². The summed E-state index contributed by atoms with van der Waals surface area (Å²) in [6.45, 7) is 1.89. The zero-order chi connectivity index (χ0) is 14.7. The second kappa shape index (κ2) is 5.94. The van der Waals surface area contributed by atoms with Crippen LogP contribution < -0.4 is 4.74 Å². The van der Waals surface area contributed by atoms with Gasteiger partial charge in [0.25, 0.3) is 0 Å². The van der Waals surface area contributed by atoms with E-state index in [4.69, 9.17) is 16.3 Å². The van der Waals surface area contributed by atoms with Crippen LogP contribution in [0.3, 0.4) is 0 Å². The minimum absolute atomic E-state index is 0.174. The van der Waals surface area contributed by atoms with E-state index in [1.165, 1.54) is 0 Å². The molecular weight excluding hydrogens is 284 g/mol. The Kier molecular flexibility index (Phi) is 3.84. The van der Waals surface area contributed by atoms with E-state index in [0.29, 0.717) is 5.88 Å². The Balaban J connectivity index is 2.02. The quantitative estimate of drug-likeness (QED) is 0.645. The van der Waals surface area contributed by atoms with E-state index in [0.717, 1.165) is 22.4 Å². The van der Waals surface area contributed by atoms with Gasteiger partial charge in [-0.15, -0.1) is 0 Å². The van der Waals surface area contributed by atoms with E-state index in [-0.39, 0.29) is 5.28 Å². The summed E-state index contributed by atoms with van der Waals surface area (Å²) in [5, 5.41) is 0.174. The monoisotopic (exact) mass is 296 g/mol. The van der Waals surface area contributed by atoms with Crippen molar-refractivity contribution < 1.29 is 4.74 Å². The van der Waals surface area contributed by atoms with Crippen molar-refractivity contribution in [1.29, 1.82) is 0 Å². The molecule has 0 aliphatic rings. The Labute approximate surface area is 128 Å². The van der Waals surface area contributed by atoms with Crippen LogP contribution in [0.25, 0.3) is 11.1 Å². The largest absolute Gasteiger partial charge is 0.438 e. The van der Waals surface area contributed by atoms with Gasteiger partial charge >= 0.3 is 0 Å². The molecule has 4 heteroatoms. The van der Waals surface area contributed by atoms with E-state index in [1.54, 1.807) is 6.20 Å². The van der Waals surface area contributed by atoms with Gasteiger partial charge in [-0.2, -0.15) is 4.98 Å². The van der Waals surface area contributed by atoms with E-state index in [2.05, 4.69) is 9.97 Å². The Bertz CT molecular complexity index is 760. The molecule has 0 saturated carbocycles. The second-order valence-electron chi connectivity index (χ2n) is 4.59. The summed E-state index contributed by atoms with van der Waals surface area (Å²) in [4.78, 5) is 8.07. The van der Waals surface area contributed by atoms with Crippen LogP contribution >= 0.6 is 11.6 Å². The molecule has 0 bridgehead atoms. The number of rotatable bonds is 3. The summed E-state index contributed by atoms with van der Waals surface area (Å²) in [6.07, 6.45) is 1.65. The van der Waals surface area contributed by atoms with Gasteiger partial charge in [0.15, 0.2) is 0 Å². The van der Waals surface area contributed by atoms with Crippen LogP contribution in [0, 0.1) is 6.92 Å². The van der Waals surface area contributed by atoms with Gasteiger partial charge in [-0.05, 0) is 30.2 Å². The predicted molar refractivity (Wildman–Crippen MR) is 83.7 cm³/mol. The van der Waals surface area contributed by atoms with Crippen LogP contribution in [0.2, 0.25) is 5.28 Å². The zero-order valence-corrected chi connectivity index (χ0v) is 12.2. The lowest BCUT2D eigenvalue weighted by Gasteiger charge is -2.12. The molecule has 0 aliphatic carbocycles. The van der Waals surface area contributed by atoms with Crippen molar-refractivity contribution in [3.8, 4) is 22.8 Å². The molecule has 0 aliphatic heterocycles. The predicted octanol–water partition coefficient (Wildman–Crippen LogP) is 4.90. The van der Waals surface area contributed by atoms with Gasteiger partial charge in [0.2, 0.25) is 11.2 Å². The molecule has 0 spiro atoms. The molecule has 1 aromatic heterocycles. The SMILES string of the molecule is Cc1cnc(Cl)nc1Oc1ccccc1-c1ccccc1. The number of aromatic nitrogens is 2. The molecule has 21 heavy (non-hydrogen) atoms. The Morgan fingerprint density at radius 1 is 0.952 bits per heavy atom. The minimum atomic E-state index is 0.174. The number of benzene rings is 2. The Hall–Kier alpha value is -2.39. The molecule has 0 fully saturated rings. The first kappa shape index (κ1) is 13.6. The lowest BCUT2D eigenvalue weighted by molar-refractivity contribution is 0.459. The zero-order valence-electron chi connectivity index (χ0n) is 11.5. The molecule has 0 atom stereocenters. The molecular formula is C17H13ClN2O. The first-order chi connectivity index (χ1) is 10.2. The molecule has 0 radical (unpaired) electrons. The van der Waals surface area contributed by atoms with Gasteiger partial charge in [0, 0.05) is 17.3 Å². The number of hydrogen-bond acceptors (Lipinski definition) is 3. The highest BCUT2D eigenvalue weighted by atomic mass is 35.5. The van der Waals surface area contributed by atoms with Crippen LogP contribution in [-0.4, -0.2) is 9.97 Å². The van der Waals surface area contributed by atoms with Crippen LogP contribution in [0.15, 0.2) is 60.8 Å². The average molecular weight is 297 g/mol. The fraction of sp³-hybridized carbons (Fsp3) is 0.0588. The normalized spacial score (nSPS) is 10.4. The maximum Gasteiger partial charge on any atom is 0.226 e. The first-order valence-electron chi connectivity index (χ1n) is 6.55. The minimum Gasteiger partial charge on any atom is -0.438 e. The van der Waals surface area contributed by atoms with Crippen LogP contribution in [0.5, 0.6) is 11.6 Å². The Morgan fingerprint density at radius 2 is 1.67 bits per heavy atom. The average Bonchev–Trinajstić information content (AvgIpc) is 2.52. The summed E-state index contributed by atoms with van der Waals surface area (Å²) >= 11 is 5.84. The van der Waals surface area contributed by atoms with Crippen LogP contribution in [0.1, 0.15) is 5.56 Å². The first-order valence-corrected chi connectivity index (χ1v) is 6.93. The summed E-state index contributed by atoms with van der Waals surface area (Å²) < 4.78 is 5.94. The summed E-state index contributed by atoms with van der Waals surface area (Å²) in [7, 11) is 0. The standard InChI is InChI=1S/C17H13ClN2O/c1-12-11-19-17(18)20-16(12)21-15-10-6-5-9-14(15)13-7-3-2-4-8-13/h2-11H,1H3. The molecule has 0 N–H and O–H groups in total. The fourth-order valence-corrected chi connectivity index (χ4v) is 2.15. The molecule has 0 saturated heterocycles. The van der Waals surface area contributed by atoms with Crippen molar-refractivity contribution in [2.24, 2.45) is 0 Å². The molecule has 0 unspecified atom stereocenters. The number of halogens is 1. The molecule has 0 amide bonds. The number of nitrogens with zero attached hydrogens (tertiary/aromatic N) is 2. The third-order valence-corrected chi connectivity index (χ3v) is 3.26. The number of hydrogen-bond donors (Lipinski definition) is 0. The third-order valence-electron chi connectivity index (χ3n) is 3.07. The van der Waals surface area contributed by atoms with E-state index in [1.807, 2.05) is 61.5 Å². The Morgan fingerprint density at radius 3 is 2.48 bits per heavy atom. The molecule has 3 nitrogen and oxygen atoms in total. The van der Waals surface area contributed by atoms with Crippen LogP contribution in [0.4, 0.5) is 0 Å². The fourth-order valence-electron chi connectivity index (χ4n) is 2.03. The van der Waals surface area contributed by atoms with Crippen molar-refractivity contribution in [3.05, 3.63) is 71.6 Å². The number of para-hydroxylation sites is 1. The molecule has 1 heterocycles. The van der Waals surface area contributed by atoms with E-state index < -0.39 is 0 Å². The highest BCUT2D eigenvalue weighted by molar-refractivity contribution is 6.28. The highest BCUT2D eigenvalue weighted by Gasteiger charge is 2.10. The maximum absolute atomic E-state index is 5.94. The summed E-state index contributed by atoms with van der Waals surface area (Å²) in [6, 6.07) is 17.9. The van der Waals surface area contributed by atoms with Crippen molar-refractivity contribution >= 4 is 11.6 Å². The number of ether oxygens (including phenoxy) is 1. The highest BCUT2D eigenvalue weighted by Crippen LogP contribution is 2.33. The maximum atomic E-state index is 5.94. The summed E-state index contributed by atoms with van der Waals surface area (Å²) in [5.41, 5.74) is 2.93. The smallest absolute Gasteiger partial charge is 0.226 e. The molecule has 3 rings (SSSR count). The van der Waals surface area contributed by atoms with E-state index in [9.17, 15) is 0 Å². The van der Waals surface area contributed by atoms with Gasteiger partial charge in [0.05, 0.1) is 0 Å². The van der Waals surface area contributed by atoms with Crippen molar-refractivity contribution in [2.45, 2.75) is 6.92 Å². The van der Waals surface area contributed by atoms with Crippen molar-refractivity contribution in [2.75, 3.05) is 0 Å². The molecule has 104 valence electrons. The van der Waals surface area contributed by atoms with Gasteiger partial charge < -0.3 is 4.74 Å². The van der Waals surface area contributed by atoms with E-state index >= 15 is 0 Å². The molecule has 3 aromatic rings. The van der Waals surface area contributed by atoms with Crippen LogP contribution in [-0.2, 0) is 0 Å². The lowest BCUT2D eigenvalue weighted by atomic mass is 10.1. The third kappa shape index (κ3) is 3.03. The van der Waals surface area contributed by atoms with Crippen molar-refractivity contribution in [3.63, 3.8) is 0 Å². The lowest BCUT2D eigenvalue weighted by Crippen LogP contribution is -1.95. The number of aryl methyl sites for hydroxylation is 1.